The van der Waals surface area contributed by atoms with Gasteiger partial charge in [-0.2, -0.15) is 0 Å². The minimum absolute atomic E-state index is 0. The fourth-order valence-corrected chi connectivity index (χ4v) is 4.43. The molecule has 0 radical (unpaired) electrons. The van der Waals surface area contributed by atoms with E-state index in [0.717, 1.165) is 0 Å². The maximum absolute atomic E-state index is 13.5. The standard InChI is InChI=1S/C26H36ClO5P.Li.H/c1-24(2,3)30-16-14-19(31-25(4,5)6)22(20(15-16)32-26(7,8)9)33-23(28)21-17(27)12-11-13-18(21)29-10;;/h11-15,33H,1-10H3;;/q;+1;-1. The van der Waals surface area contributed by atoms with Crippen LogP contribution in [0.2, 0.25) is 5.02 Å². The van der Waals surface area contributed by atoms with E-state index in [1.165, 1.54) is 7.11 Å². The molecule has 0 bridgehead atoms. The van der Waals surface area contributed by atoms with Crippen molar-refractivity contribution < 1.29 is 44.0 Å². The van der Waals surface area contributed by atoms with Crippen LogP contribution in [0.25, 0.3) is 0 Å². The number of halogens is 1. The molecule has 0 saturated carbocycles. The fraction of sp³-hybridized carbons (Fsp3) is 0.500. The average Bonchev–Trinajstić information content (AvgIpc) is 2.60. The zero-order valence-corrected chi connectivity index (χ0v) is 24.1. The smallest absolute Gasteiger partial charge is 1.00 e. The molecule has 8 heteroatoms. The van der Waals surface area contributed by atoms with Crippen molar-refractivity contribution in [2.75, 3.05) is 7.11 Å². The molecule has 0 heterocycles. The average molecular weight is 503 g/mol. The van der Waals surface area contributed by atoms with E-state index in [0.29, 0.717) is 38.9 Å². The molecule has 0 aliphatic rings. The van der Waals surface area contributed by atoms with E-state index < -0.39 is 16.8 Å². The van der Waals surface area contributed by atoms with Gasteiger partial charge >= 0.3 is 18.9 Å². The molecule has 0 fully saturated rings. The van der Waals surface area contributed by atoms with Gasteiger partial charge in [-0.3, -0.25) is 4.79 Å². The molecule has 2 aromatic rings. The van der Waals surface area contributed by atoms with E-state index >= 15 is 0 Å². The largest absolute Gasteiger partial charge is 1.00 e. The van der Waals surface area contributed by atoms with Crippen LogP contribution in [0.4, 0.5) is 0 Å². The summed E-state index contributed by atoms with van der Waals surface area (Å²) < 4.78 is 24.1. The summed E-state index contributed by atoms with van der Waals surface area (Å²) >= 11 is 6.38. The molecule has 0 aromatic heterocycles. The Labute approximate surface area is 224 Å². The van der Waals surface area contributed by atoms with Gasteiger partial charge in [0.25, 0.3) is 0 Å². The second-order valence-corrected chi connectivity index (χ2v) is 12.3. The topological polar surface area (TPSA) is 54.0 Å². The number of ether oxygens (including phenoxy) is 4. The Balaban J connectivity index is 0.00000578. The molecule has 1 atom stereocenters. The zero-order valence-electron chi connectivity index (χ0n) is 23.3. The molecule has 2 rings (SSSR count). The number of carbonyl (C=O) groups excluding carboxylic acids is 1. The van der Waals surface area contributed by atoms with Crippen molar-refractivity contribution in [3.63, 3.8) is 0 Å². The summed E-state index contributed by atoms with van der Waals surface area (Å²) in [5, 5.41) is 1.00. The van der Waals surface area contributed by atoms with Crippen LogP contribution in [0.15, 0.2) is 30.3 Å². The van der Waals surface area contributed by atoms with Gasteiger partial charge in [-0.1, -0.05) is 17.7 Å². The SMILES string of the molecule is COc1cccc(Cl)c1C(=O)Pc1c(OC(C)(C)C)cc(OC(C)(C)C)cc1OC(C)(C)C.[H-].[Li+]. The summed E-state index contributed by atoms with van der Waals surface area (Å²) in [4.78, 5) is 13.5. The molecule has 184 valence electrons. The van der Waals surface area contributed by atoms with Gasteiger partial charge in [0.1, 0.15) is 39.8 Å². The van der Waals surface area contributed by atoms with Crippen molar-refractivity contribution in [2.45, 2.75) is 79.1 Å². The quantitative estimate of drug-likeness (QED) is 0.421. The minimum Gasteiger partial charge on any atom is -1.00 e. The monoisotopic (exact) mass is 502 g/mol. The Morgan fingerprint density at radius 3 is 1.71 bits per heavy atom. The maximum Gasteiger partial charge on any atom is 1.00 e. The second-order valence-electron chi connectivity index (χ2n) is 10.7. The molecule has 0 N–H and O–H groups in total. The molecular weight excluding hydrogens is 466 g/mol. The van der Waals surface area contributed by atoms with Crippen LogP contribution in [-0.2, 0) is 0 Å². The molecule has 0 amide bonds. The van der Waals surface area contributed by atoms with E-state index in [-0.39, 0.29) is 34.4 Å². The molecule has 2 aromatic carbocycles. The first-order valence-electron chi connectivity index (χ1n) is 10.9. The molecular formula is C26H37ClLiO5P. The number of methoxy groups -OCH3 is 1. The summed E-state index contributed by atoms with van der Waals surface area (Å²) in [6.07, 6.45) is 0. The molecule has 0 saturated heterocycles. The number of benzene rings is 2. The maximum atomic E-state index is 13.5. The van der Waals surface area contributed by atoms with Gasteiger partial charge in [0.05, 0.1) is 23.0 Å². The van der Waals surface area contributed by atoms with Crippen molar-refractivity contribution >= 4 is 31.0 Å². The van der Waals surface area contributed by atoms with Gasteiger partial charge in [-0.05, 0) is 83.0 Å². The van der Waals surface area contributed by atoms with E-state index in [4.69, 9.17) is 30.5 Å². The number of hydrogen-bond donors (Lipinski definition) is 0. The predicted molar refractivity (Wildman–Crippen MR) is 139 cm³/mol. The Hall–Kier alpha value is -1.37. The van der Waals surface area contributed by atoms with Gasteiger partial charge in [0.15, 0.2) is 5.52 Å². The van der Waals surface area contributed by atoms with Gasteiger partial charge in [0.2, 0.25) is 0 Å². The Kier molecular flexibility index (Phi) is 10.4. The Morgan fingerprint density at radius 2 is 1.29 bits per heavy atom. The zero-order chi connectivity index (χ0) is 25.2. The van der Waals surface area contributed by atoms with E-state index in [1.54, 1.807) is 18.2 Å². The normalized spacial score (nSPS) is 12.3. The summed E-state index contributed by atoms with van der Waals surface area (Å²) in [6.45, 7) is 17.7. The summed E-state index contributed by atoms with van der Waals surface area (Å²) in [6, 6.07) is 8.81. The van der Waals surface area contributed by atoms with Crippen molar-refractivity contribution in [1.29, 1.82) is 0 Å². The third-order valence-corrected chi connectivity index (χ3v) is 5.49. The third-order valence-electron chi connectivity index (χ3n) is 3.96. The second kappa shape index (κ2) is 11.6. The van der Waals surface area contributed by atoms with Gasteiger partial charge < -0.3 is 20.4 Å². The molecule has 0 aliphatic carbocycles. The van der Waals surface area contributed by atoms with Crippen LogP contribution in [-0.4, -0.2) is 29.4 Å². The van der Waals surface area contributed by atoms with E-state index in [9.17, 15) is 4.79 Å². The molecule has 34 heavy (non-hydrogen) atoms. The van der Waals surface area contributed by atoms with Crippen LogP contribution in [0.1, 0.15) is 74.1 Å². The number of carbonyl (C=O) groups is 1. The van der Waals surface area contributed by atoms with Gasteiger partial charge in [-0.15, -0.1) is 0 Å². The van der Waals surface area contributed by atoms with Crippen LogP contribution in [0.3, 0.4) is 0 Å². The summed E-state index contributed by atoms with van der Waals surface area (Å²) in [7, 11) is 1.22. The first kappa shape index (κ1) is 30.7. The molecule has 5 nitrogen and oxygen atoms in total. The van der Waals surface area contributed by atoms with Crippen molar-refractivity contribution in [3.8, 4) is 23.0 Å². The van der Waals surface area contributed by atoms with Crippen molar-refractivity contribution in [2.24, 2.45) is 0 Å². The van der Waals surface area contributed by atoms with E-state index in [1.807, 2.05) is 74.4 Å². The van der Waals surface area contributed by atoms with E-state index in [2.05, 4.69) is 0 Å². The van der Waals surface area contributed by atoms with Crippen LogP contribution < -0.4 is 43.1 Å². The van der Waals surface area contributed by atoms with Gasteiger partial charge in [-0.25, -0.2) is 0 Å². The predicted octanol–water partition coefficient (Wildman–Crippen LogP) is 4.14. The number of hydrogen-bond acceptors (Lipinski definition) is 5. The molecule has 0 aliphatic heterocycles. The van der Waals surface area contributed by atoms with Crippen LogP contribution in [0.5, 0.6) is 23.0 Å². The van der Waals surface area contributed by atoms with Crippen LogP contribution >= 0.6 is 20.2 Å². The minimum atomic E-state index is -0.496. The first-order chi connectivity index (χ1) is 15.0. The molecule has 1 unspecified atom stereocenters. The number of rotatable bonds is 7. The summed E-state index contributed by atoms with van der Waals surface area (Å²) in [5.41, 5.74) is -1.23. The summed E-state index contributed by atoms with van der Waals surface area (Å²) in [5.74, 6) is 2.13. The fourth-order valence-electron chi connectivity index (χ4n) is 2.99. The first-order valence-corrected chi connectivity index (χ1v) is 12.3. The van der Waals surface area contributed by atoms with Gasteiger partial charge in [0, 0.05) is 12.1 Å². The Bertz CT molecular complexity index is 973. The molecule has 0 spiro atoms. The van der Waals surface area contributed by atoms with Crippen molar-refractivity contribution in [1.82, 2.24) is 0 Å². The van der Waals surface area contributed by atoms with Crippen molar-refractivity contribution in [3.05, 3.63) is 40.9 Å². The third kappa shape index (κ3) is 9.35. The van der Waals surface area contributed by atoms with Crippen LogP contribution in [0, 0.1) is 0 Å². The Morgan fingerprint density at radius 1 is 0.824 bits per heavy atom.